The minimum Gasteiger partial charge on any atom is -0.356 e. The fourth-order valence-corrected chi connectivity index (χ4v) is 2.11. The first kappa shape index (κ1) is 17.1. The third-order valence-electron chi connectivity index (χ3n) is 3.39. The molecule has 1 amide bonds. The van der Waals surface area contributed by atoms with E-state index in [9.17, 15) is 14.9 Å². The molecule has 0 atom stereocenters. The van der Waals surface area contributed by atoms with Crippen LogP contribution in [0.2, 0.25) is 0 Å². The van der Waals surface area contributed by atoms with Crippen molar-refractivity contribution in [2.45, 2.75) is 51.9 Å². The summed E-state index contributed by atoms with van der Waals surface area (Å²) in [5.74, 6) is 0.0911. The Morgan fingerprint density at radius 1 is 1.14 bits per heavy atom. The van der Waals surface area contributed by atoms with Crippen LogP contribution < -0.4 is 5.32 Å². The van der Waals surface area contributed by atoms with Crippen molar-refractivity contribution in [3.05, 3.63) is 39.9 Å². The number of carbonyl (C=O) groups excluding carboxylic acids is 1. The Morgan fingerprint density at radius 2 is 1.81 bits per heavy atom. The minimum absolute atomic E-state index is 0.0911. The number of rotatable bonds is 10. The molecule has 0 aromatic heterocycles. The summed E-state index contributed by atoms with van der Waals surface area (Å²) in [6.45, 7) is 2.75. The number of amides is 1. The standard InChI is InChI=1S/C16H24N2O3/c1-2-3-4-5-6-7-16(19)17-13-12-14-8-10-15(11-9-14)18(20)21/h8-11H,2-7,12-13H2,1H3,(H,17,19). The highest BCUT2D eigenvalue weighted by atomic mass is 16.6. The van der Waals surface area contributed by atoms with Gasteiger partial charge in [0.1, 0.15) is 0 Å². The van der Waals surface area contributed by atoms with E-state index in [1.54, 1.807) is 12.1 Å². The molecule has 5 heteroatoms. The van der Waals surface area contributed by atoms with E-state index in [1.807, 2.05) is 0 Å². The van der Waals surface area contributed by atoms with Gasteiger partial charge in [-0.05, 0) is 18.4 Å². The highest BCUT2D eigenvalue weighted by Crippen LogP contribution is 2.12. The zero-order valence-electron chi connectivity index (χ0n) is 12.6. The summed E-state index contributed by atoms with van der Waals surface area (Å²) in [6, 6.07) is 6.44. The molecule has 0 aliphatic heterocycles. The molecule has 0 spiro atoms. The molecule has 0 fully saturated rings. The van der Waals surface area contributed by atoms with E-state index in [1.165, 1.54) is 31.4 Å². The molecule has 0 saturated heterocycles. The molecule has 1 N–H and O–H groups in total. The summed E-state index contributed by atoms with van der Waals surface area (Å²) < 4.78 is 0. The molecule has 1 rings (SSSR count). The lowest BCUT2D eigenvalue weighted by molar-refractivity contribution is -0.384. The van der Waals surface area contributed by atoms with E-state index in [0.29, 0.717) is 19.4 Å². The first-order valence-corrected chi connectivity index (χ1v) is 7.63. The van der Waals surface area contributed by atoms with Gasteiger partial charge in [0.05, 0.1) is 4.92 Å². The van der Waals surface area contributed by atoms with Crippen LogP contribution in [0.5, 0.6) is 0 Å². The number of non-ortho nitro benzene ring substituents is 1. The van der Waals surface area contributed by atoms with Crippen molar-refractivity contribution in [2.75, 3.05) is 6.54 Å². The van der Waals surface area contributed by atoms with Gasteiger partial charge in [-0.25, -0.2) is 0 Å². The normalized spacial score (nSPS) is 10.3. The van der Waals surface area contributed by atoms with Gasteiger partial charge in [-0.2, -0.15) is 0 Å². The van der Waals surface area contributed by atoms with Gasteiger partial charge in [0.25, 0.3) is 5.69 Å². The number of hydrogen-bond acceptors (Lipinski definition) is 3. The lowest BCUT2D eigenvalue weighted by Gasteiger charge is -2.05. The third-order valence-corrected chi connectivity index (χ3v) is 3.39. The van der Waals surface area contributed by atoms with Crippen molar-refractivity contribution in [2.24, 2.45) is 0 Å². The first-order chi connectivity index (χ1) is 10.1. The Morgan fingerprint density at radius 3 is 2.43 bits per heavy atom. The second-order valence-electron chi connectivity index (χ2n) is 5.19. The zero-order valence-corrected chi connectivity index (χ0v) is 12.6. The predicted octanol–water partition coefficient (Wildman–Crippen LogP) is 3.61. The number of nitro benzene ring substituents is 1. The molecule has 0 aliphatic carbocycles. The van der Waals surface area contributed by atoms with E-state index in [-0.39, 0.29) is 11.6 Å². The Kier molecular flexibility index (Phi) is 8.09. The smallest absolute Gasteiger partial charge is 0.269 e. The molecule has 0 radical (unpaired) electrons. The second-order valence-corrected chi connectivity index (χ2v) is 5.19. The number of nitro groups is 1. The predicted molar refractivity (Wildman–Crippen MR) is 83.2 cm³/mol. The van der Waals surface area contributed by atoms with E-state index >= 15 is 0 Å². The second kappa shape index (κ2) is 9.91. The fourth-order valence-electron chi connectivity index (χ4n) is 2.11. The summed E-state index contributed by atoms with van der Waals surface area (Å²) >= 11 is 0. The molecule has 0 unspecified atom stereocenters. The highest BCUT2D eigenvalue weighted by Gasteiger charge is 2.04. The van der Waals surface area contributed by atoms with Crippen LogP contribution in [0.4, 0.5) is 5.69 Å². The molecule has 116 valence electrons. The molecular weight excluding hydrogens is 268 g/mol. The monoisotopic (exact) mass is 292 g/mol. The van der Waals surface area contributed by atoms with Crippen LogP contribution in [0.15, 0.2) is 24.3 Å². The molecule has 0 saturated carbocycles. The van der Waals surface area contributed by atoms with Crippen molar-refractivity contribution in [3.8, 4) is 0 Å². The zero-order chi connectivity index (χ0) is 15.5. The summed E-state index contributed by atoms with van der Waals surface area (Å²) in [5.41, 5.74) is 1.08. The summed E-state index contributed by atoms with van der Waals surface area (Å²) in [6.07, 6.45) is 6.99. The van der Waals surface area contributed by atoms with Crippen LogP contribution in [0, 0.1) is 10.1 Å². The number of benzene rings is 1. The van der Waals surface area contributed by atoms with Crippen molar-refractivity contribution < 1.29 is 9.72 Å². The summed E-state index contributed by atoms with van der Waals surface area (Å²) in [4.78, 5) is 21.7. The van der Waals surface area contributed by atoms with E-state index in [0.717, 1.165) is 18.4 Å². The first-order valence-electron chi connectivity index (χ1n) is 7.63. The van der Waals surface area contributed by atoms with Crippen LogP contribution in [0.25, 0.3) is 0 Å². The Balaban J connectivity index is 2.15. The van der Waals surface area contributed by atoms with Crippen molar-refractivity contribution in [1.82, 2.24) is 5.32 Å². The van der Waals surface area contributed by atoms with E-state index in [2.05, 4.69) is 12.2 Å². The largest absolute Gasteiger partial charge is 0.356 e. The van der Waals surface area contributed by atoms with Crippen molar-refractivity contribution in [1.29, 1.82) is 0 Å². The summed E-state index contributed by atoms with van der Waals surface area (Å²) in [5, 5.41) is 13.4. The number of nitrogens with one attached hydrogen (secondary N) is 1. The van der Waals surface area contributed by atoms with Crippen LogP contribution in [-0.4, -0.2) is 17.4 Å². The van der Waals surface area contributed by atoms with Crippen LogP contribution >= 0.6 is 0 Å². The molecule has 0 bridgehead atoms. The minimum atomic E-state index is -0.413. The summed E-state index contributed by atoms with van der Waals surface area (Å²) in [7, 11) is 0. The van der Waals surface area contributed by atoms with Gasteiger partial charge in [-0.3, -0.25) is 14.9 Å². The van der Waals surface area contributed by atoms with Crippen molar-refractivity contribution in [3.63, 3.8) is 0 Å². The number of nitrogens with zero attached hydrogens (tertiary/aromatic N) is 1. The van der Waals surface area contributed by atoms with Crippen LogP contribution in [-0.2, 0) is 11.2 Å². The number of carbonyl (C=O) groups is 1. The molecule has 0 heterocycles. The van der Waals surface area contributed by atoms with Gasteiger partial charge in [-0.15, -0.1) is 0 Å². The van der Waals surface area contributed by atoms with Gasteiger partial charge >= 0.3 is 0 Å². The lowest BCUT2D eigenvalue weighted by atomic mass is 10.1. The molecular formula is C16H24N2O3. The van der Waals surface area contributed by atoms with Gasteiger partial charge < -0.3 is 5.32 Å². The lowest BCUT2D eigenvalue weighted by Crippen LogP contribution is -2.25. The van der Waals surface area contributed by atoms with Gasteiger partial charge in [-0.1, -0.05) is 44.7 Å². The van der Waals surface area contributed by atoms with Gasteiger partial charge in [0, 0.05) is 25.1 Å². The topological polar surface area (TPSA) is 72.2 Å². The highest BCUT2D eigenvalue weighted by molar-refractivity contribution is 5.75. The van der Waals surface area contributed by atoms with Gasteiger partial charge in [0.15, 0.2) is 0 Å². The molecule has 21 heavy (non-hydrogen) atoms. The SMILES string of the molecule is CCCCCCCC(=O)NCCc1ccc([N+](=O)[O-])cc1. The van der Waals surface area contributed by atoms with Crippen LogP contribution in [0.1, 0.15) is 51.0 Å². The average Bonchev–Trinajstić information content (AvgIpc) is 2.47. The van der Waals surface area contributed by atoms with E-state index < -0.39 is 4.92 Å². The Labute approximate surface area is 125 Å². The third kappa shape index (κ3) is 7.44. The maximum atomic E-state index is 11.6. The molecule has 5 nitrogen and oxygen atoms in total. The fraction of sp³-hybridized carbons (Fsp3) is 0.562. The average molecular weight is 292 g/mol. The number of unbranched alkanes of at least 4 members (excludes halogenated alkanes) is 4. The molecule has 1 aromatic carbocycles. The Hall–Kier alpha value is -1.91. The van der Waals surface area contributed by atoms with E-state index in [4.69, 9.17) is 0 Å². The van der Waals surface area contributed by atoms with Crippen LogP contribution in [0.3, 0.4) is 0 Å². The number of hydrogen-bond donors (Lipinski definition) is 1. The maximum Gasteiger partial charge on any atom is 0.269 e. The quantitative estimate of drug-likeness (QED) is 0.407. The van der Waals surface area contributed by atoms with Gasteiger partial charge in [0.2, 0.25) is 5.91 Å². The Bertz CT molecular complexity index is 443. The maximum absolute atomic E-state index is 11.6. The van der Waals surface area contributed by atoms with Crippen molar-refractivity contribution >= 4 is 11.6 Å². The molecule has 0 aliphatic rings. The molecule has 1 aromatic rings.